The summed E-state index contributed by atoms with van der Waals surface area (Å²) < 4.78 is 5.16. The predicted octanol–water partition coefficient (Wildman–Crippen LogP) is 1.28. The molecule has 0 spiro atoms. The van der Waals surface area contributed by atoms with E-state index in [9.17, 15) is 29.9 Å². The molecule has 0 aliphatic heterocycles. The van der Waals surface area contributed by atoms with Gasteiger partial charge in [-0.3, -0.25) is 14.9 Å². The molecule has 2 atom stereocenters. The Bertz CT molecular complexity index is 777. The summed E-state index contributed by atoms with van der Waals surface area (Å²) in [6.45, 7) is -0.511. The number of carbonyl (C=O) groups excluding carboxylic acids is 1. The van der Waals surface area contributed by atoms with Crippen LogP contribution in [0.25, 0.3) is 0 Å². The molecule has 0 heterocycles. The highest BCUT2D eigenvalue weighted by atomic mass is 16.6. The Morgan fingerprint density at radius 1 is 1.12 bits per heavy atom. The number of nitrogens with zero attached hydrogens (tertiary/aromatic N) is 1. The molecule has 0 aromatic heterocycles. The van der Waals surface area contributed by atoms with Gasteiger partial charge in [0.25, 0.3) is 11.6 Å². The van der Waals surface area contributed by atoms with E-state index in [1.54, 1.807) is 30.3 Å². The van der Waals surface area contributed by atoms with E-state index in [2.05, 4.69) is 5.32 Å². The average molecular weight is 360 g/mol. The number of aliphatic hydroxyl groups excluding tert-OH is 1. The van der Waals surface area contributed by atoms with Crippen molar-refractivity contribution in [3.05, 3.63) is 70.3 Å². The van der Waals surface area contributed by atoms with Gasteiger partial charge in [0.2, 0.25) is 0 Å². The smallest absolute Gasteiger partial charge is 0.329 e. The molecule has 0 fully saturated rings. The lowest BCUT2D eigenvalue weighted by Gasteiger charge is -2.20. The van der Waals surface area contributed by atoms with Crippen LogP contribution in [0.5, 0.6) is 5.75 Å². The highest BCUT2D eigenvalue weighted by molar-refractivity contribution is 5.85. The van der Waals surface area contributed by atoms with Gasteiger partial charge in [-0.1, -0.05) is 30.3 Å². The van der Waals surface area contributed by atoms with Crippen molar-refractivity contribution >= 4 is 17.6 Å². The molecule has 9 heteroatoms. The SMILES string of the molecule is O=C(COc1ccc([N+](=O)[O-])cc1)N[C@H](C(=O)O)[C@@H](O)c1ccccc1. The Kier molecular flexibility index (Phi) is 6.23. The van der Waals surface area contributed by atoms with Crippen molar-refractivity contribution in [1.29, 1.82) is 0 Å². The Hall–Kier alpha value is -3.46. The molecule has 0 aliphatic rings. The van der Waals surface area contributed by atoms with Gasteiger partial charge in [0.1, 0.15) is 11.9 Å². The fourth-order valence-corrected chi connectivity index (χ4v) is 2.15. The third-order valence-corrected chi connectivity index (χ3v) is 3.46. The molecule has 2 aromatic carbocycles. The van der Waals surface area contributed by atoms with Gasteiger partial charge in [0.15, 0.2) is 12.6 Å². The summed E-state index contributed by atoms with van der Waals surface area (Å²) in [7, 11) is 0. The quantitative estimate of drug-likeness (QED) is 0.476. The summed E-state index contributed by atoms with van der Waals surface area (Å²) in [6.07, 6.45) is -1.43. The predicted molar refractivity (Wildman–Crippen MR) is 89.6 cm³/mol. The second kappa shape index (κ2) is 8.58. The molecule has 9 nitrogen and oxygen atoms in total. The third kappa shape index (κ3) is 5.02. The molecular formula is C17H16N2O7. The van der Waals surface area contributed by atoms with Crippen LogP contribution in [0.2, 0.25) is 0 Å². The number of nitrogens with one attached hydrogen (secondary N) is 1. The molecule has 3 N–H and O–H groups in total. The van der Waals surface area contributed by atoms with Crippen molar-refractivity contribution in [2.75, 3.05) is 6.61 Å². The first kappa shape index (κ1) is 18.9. The number of carboxylic acids is 1. The molecule has 0 radical (unpaired) electrons. The Morgan fingerprint density at radius 2 is 1.73 bits per heavy atom. The number of carboxylic acid groups (broad SMARTS) is 1. The number of aliphatic carboxylic acids is 1. The number of rotatable bonds is 8. The van der Waals surface area contributed by atoms with Gasteiger partial charge in [0.05, 0.1) is 4.92 Å². The fraction of sp³-hybridized carbons (Fsp3) is 0.176. The minimum absolute atomic E-state index is 0.126. The van der Waals surface area contributed by atoms with Crippen LogP contribution in [-0.2, 0) is 9.59 Å². The van der Waals surface area contributed by atoms with Crippen LogP contribution >= 0.6 is 0 Å². The van der Waals surface area contributed by atoms with Crippen LogP contribution in [0.4, 0.5) is 5.69 Å². The van der Waals surface area contributed by atoms with E-state index >= 15 is 0 Å². The van der Waals surface area contributed by atoms with Gasteiger partial charge < -0.3 is 20.3 Å². The summed E-state index contributed by atoms with van der Waals surface area (Å²) >= 11 is 0. The van der Waals surface area contributed by atoms with Crippen molar-refractivity contribution in [1.82, 2.24) is 5.32 Å². The van der Waals surface area contributed by atoms with E-state index < -0.39 is 35.6 Å². The van der Waals surface area contributed by atoms with Gasteiger partial charge in [-0.25, -0.2) is 4.79 Å². The first-order valence-electron chi connectivity index (χ1n) is 7.51. The van der Waals surface area contributed by atoms with Crippen molar-refractivity contribution in [3.8, 4) is 5.75 Å². The van der Waals surface area contributed by atoms with Crippen LogP contribution < -0.4 is 10.1 Å². The monoisotopic (exact) mass is 360 g/mol. The van der Waals surface area contributed by atoms with Crippen molar-refractivity contribution in [3.63, 3.8) is 0 Å². The number of amides is 1. The van der Waals surface area contributed by atoms with E-state index in [0.29, 0.717) is 5.56 Å². The van der Waals surface area contributed by atoms with Crippen molar-refractivity contribution in [2.45, 2.75) is 12.1 Å². The number of benzene rings is 2. The molecule has 2 rings (SSSR count). The number of ether oxygens (including phenoxy) is 1. The third-order valence-electron chi connectivity index (χ3n) is 3.46. The zero-order valence-electron chi connectivity index (χ0n) is 13.4. The number of nitro groups is 1. The van der Waals surface area contributed by atoms with Gasteiger partial charge in [0, 0.05) is 12.1 Å². The molecule has 0 saturated heterocycles. The minimum Gasteiger partial charge on any atom is -0.484 e. The lowest BCUT2D eigenvalue weighted by atomic mass is 10.0. The average Bonchev–Trinajstić information content (AvgIpc) is 2.64. The Morgan fingerprint density at radius 3 is 2.27 bits per heavy atom. The second-order valence-corrected chi connectivity index (χ2v) is 5.28. The fourth-order valence-electron chi connectivity index (χ4n) is 2.15. The van der Waals surface area contributed by atoms with Gasteiger partial charge >= 0.3 is 5.97 Å². The number of aliphatic hydroxyl groups is 1. The van der Waals surface area contributed by atoms with Crippen LogP contribution in [0, 0.1) is 10.1 Å². The van der Waals surface area contributed by atoms with E-state index in [1.807, 2.05) is 0 Å². The number of nitro benzene ring substituents is 1. The molecule has 2 aromatic rings. The Balaban J connectivity index is 1.95. The second-order valence-electron chi connectivity index (χ2n) is 5.28. The normalized spacial score (nSPS) is 12.7. The van der Waals surface area contributed by atoms with Crippen LogP contribution in [-0.4, -0.2) is 39.7 Å². The van der Waals surface area contributed by atoms with Crippen molar-refractivity contribution < 1.29 is 29.5 Å². The Labute approximate surface area is 148 Å². The molecule has 0 aliphatic carbocycles. The first-order chi connectivity index (χ1) is 12.4. The minimum atomic E-state index is -1.55. The lowest BCUT2D eigenvalue weighted by Crippen LogP contribution is -2.46. The lowest BCUT2D eigenvalue weighted by molar-refractivity contribution is -0.384. The maximum absolute atomic E-state index is 11.9. The molecule has 0 bridgehead atoms. The zero-order valence-corrected chi connectivity index (χ0v) is 13.4. The highest BCUT2D eigenvalue weighted by Gasteiger charge is 2.29. The number of hydrogen-bond donors (Lipinski definition) is 3. The topological polar surface area (TPSA) is 139 Å². The highest BCUT2D eigenvalue weighted by Crippen LogP contribution is 2.18. The standard InChI is InChI=1S/C17H16N2O7/c20-14(10-26-13-8-6-12(7-9-13)19(24)25)18-15(17(22)23)16(21)11-4-2-1-3-5-11/h1-9,15-16,21H,10H2,(H,18,20)(H,22,23)/t15-,16-/m0/s1. The molecule has 0 unspecified atom stereocenters. The first-order valence-corrected chi connectivity index (χ1v) is 7.51. The summed E-state index contributed by atoms with van der Waals surface area (Å²) in [5.74, 6) is -1.95. The number of hydrogen-bond acceptors (Lipinski definition) is 6. The molecule has 0 saturated carbocycles. The van der Waals surface area contributed by atoms with Crippen molar-refractivity contribution in [2.24, 2.45) is 0 Å². The van der Waals surface area contributed by atoms with Gasteiger partial charge in [-0.05, 0) is 17.7 Å². The summed E-state index contributed by atoms with van der Waals surface area (Å²) in [4.78, 5) is 33.3. The van der Waals surface area contributed by atoms with Crippen LogP contribution in [0.15, 0.2) is 54.6 Å². The maximum atomic E-state index is 11.9. The van der Waals surface area contributed by atoms with E-state index in [-0.39, 0.29) is 11.4 Å². The maximum Gasteiger partial charge on any atom is 0.329 e. The van der Waals surface area contributed by atoms with E-state index in [4.69, 9.17) is 4.74 Å². The van der Waals surface area contributed by atoms with E-state index in [0.717, 1.165) is 0 Å². The summed E-state index contributed by atoms with van der Waals surface area (Å²) in [5.41, 5.74) is 0.218. The van der Waals surface area contributed by atoms with E-state index in [1.165, 1.54) is 24.3 Å². The van der Waals surface area contributed by atoms with Gasteiger partial charge in [-0.15, -0.1) is 0 Å². The number of carbonyl (C=O) groups is 2. The number of non-ortho nitro benzene ring substituents is 1. The molecule has 26 heavy (non-hydrogen) atoms. The van der Waals surface area contributed by atoms with Crippen LogP contribution in [0.3, 0.4) is 0 Å². The van der Waals surface area contributed by atoms with Crippen LogP contribution in [0.1, 0.15) is 11.7 Å². The molecule has 1 amide bonds. The zero-order chi connectivity index (χ0) is 19.1. The largest absolute Gasteiger partial charge is 0.484 e. The molecular weight excluding hydrogens is 344 g/mol. The van der Waals surface area contributed by atoms with Gasteiger partial charge in [-0.2, -0.15) is 0 Å². The molecule has 136 valence electrons. The summed E-state index contributed by atoms with van der Waals surface area (Å²) in [6, 6.07) is 11.6. The summed E-state index contributed by atoms with van der Waals surface area (Å²) in [5, 5.41) is 32.2.